The van der Waals surface area contributed by atoms with Crippen molar-refractivity contribution in [1.29, 1.82) is 0 Å². The third-order valence-electron chi connectivity index (χ3n) is 2.56. The fourth-order valence-electron chi connectivity index (χ4n) is 1.54. The molecule has 0 heterocycles. The molecule has 0 aliphatic carbocycles. The van der Waals surface area contributed by atoms with Crippen LogP contribution in [0.5, 0.6) is 0 Å². The molecule has 0 aliphatic heterocycles. The zero-order valence-electron chi connectivity index (χ0n) is 10.6. The molecule has 1 amide bonds. The first-order valence-corrected chi connectivity index (χ1v) is 5.82. The fraction of sp³-hybridized carbons (Fsp3) is 0.500. The van der Waals surface area contributed by atoms with Crippen molar-refractivity contribution in [1.82, 2.24) is 5.32 Å². The Morgan fingerprint density at radius 3 is 2.62 bits per heavy atom. The highest BCUT2D eigenvalue weighted by Gasteiger charge is 2.06. The molecule has 16 heavy (non-hydrogen) atoms. The van der Waals surface area contributed by atoms with Crippen LogP contribution in [0.15, 0.2) is 18.2 Å². The van der Waals surface area contributed by atoms with Crippen molar-refractivity contribution in [3.05, 3.63) is 34.9 Å². The Labute approximate surface area is 98.1 Å². The van der Waals surface area contributed by atoms with Crippen LogP contribution in [0.2, 0.25) is 0 Å². The highest BCUT2D eigenvalue weighted by atomic mass is 16.1. The van der Waals surface area contributed by atoms with E-state index in [-0.39, 0.29) is 5.91 Å². The summed E-state index contributed by atoms with van der Waals surface area (Å²) in [6.07, 6.45) is 0.486. The van der Waals surface area contributed by atoms with E-state index in [1.807, 2.05) is 6.92 Å². The van der Waals surface area contributed by atoms with Gasteiger partial charge in [0.1, 0.15) is 0 Å². The van der Waals surface area contributed by atoms with Crippen molar-refractivity contribution >= 4 is 5.91 Å². The maximum absolute atomic E-state index is 11.7. The topological polar surface area (TPSA) is 29.1 Å². The SMILES string of the molecule is Cc1ccc(C)c(CC(=O)NCC(C)C)c1. The molecule has 1 aromatic rings. The summed E-state index contributed by atoms with van der Waals surface area (Å²) in [7, 11) is 0. The second kappa shape index (κ2) is 5.69. The molecule has 0 unspecified atom stereocenters. The number of aryl methyl sites for hydroxylation is 2. The van der Waals surface area contributed by atoms with Crippen molar-refractivity contribution in [3.63, 3.8) is 0 Å². The van der Waals surface area contributed by atoms with Crippen molar-refractivity contribution in [2.75, 3.05) is 6.54 Å². The lowest BCUT2D eigenvalue weighted by Crippen LogP contribution is -2.28. The molecule has 0 fully saturated rings. The van der Waals surface area contributed by atoms with Crippen molar-refractivity contribution in [2.45, 2.75) is 34.1 Å². The van der Waals surface area contributed by atoms with Gasteiger partial charge in [-0.3, -0.25) is 4.79 Å². The average molecular weight is 219 g/mol. The van der Waals surface area contributed by atoms with E-state index in [9.17, 15) is 4.79 Å². The molecule has 2 heteroatoms. The van der Waals surface area contributed by atoms with Crippen molar-refractivity contribution in [3.8, 4) is 0 Å². The van der Waals surface area contributed by atoms with Crippen LogP contribution in [0.25, 0.3) is 0 Å². The second-order valence-corrected chi connectivity index (χ2v) is 4.80. The van der Waals surface area contributed by atoms with Gasteiger partial charge in [-0.25, -0.2) is 0 Å². The summed E-state index contributed by atoms with van der Waals surface area (Å²) in [6, 6.07) is 6.23. The molecule has 1 rings (SSSR count). The number of carbonyl (C=O) groups excluding carboxylic acids is 1. The van der Waals surface area contributed by atoms with E-state index in [1.54, 1.807) is 0 Å². The van der Waals surface area contributed by atoms with E-state index in [0.717, 1.165) is 12.1 Å². The molecule has 0 saturated carbocycles. The average Bonchev–Trinajstić information content (AvgIpc) is 2.20. The Balaban J connectivity index is 2.59. The van der Waals surface area contributed by atoms with Gasteiger partial charge in [0.25, 0.3) is 0 Å². The van der Waals surface area contributed by atoms with Crippen LogP contribution in [0.1, 0.15) is 30.5 Å². The minimum absolute atomic E-state index is 0.113. The van der Waals surface area contributed by atoms with Crippen LogP contribution in [0.3, 0.4) is 0 Å². The van der Waals surface area contributed by atoms with E-state index in [0.29, 0.717) is 12.3 Å². The molecule has 0 atom stereocenters. The Bertz CT molecular complexity index is 369. The summed E-state index contributed by atoms with van der Waals surface area (Å²) >= 11 is 0. The number of amides is 1. The van der Waals surface area contributed by atoms with E-state index < -0.39 is 0 Å². The molecular weight excluding hydrogens is 198 g/mol. The number of benzene rings is 1. The molecular formula is C14H21NO. The van der Waals surface area contributed by atoms with Gasteiger partial charge in [-0.1, -0.05) is 37.6 Å². The van der Waals surface area contributed by atoms with Crippen LogP contribution < -0.4 is 5.32 Å². The monoisotopic (exact) mass is 219 g/mol. The van der Waals surface area contributed by atoms with E-state index in [2.05, 4.69) is 44.3 Å². The predicted octanol–water partition coefficient (Wildman–Crippen LogP) is 2.62. The van der Waals surface area contributed by atoms with Gasteiger partial charge in [0.15, 0.2) is 0 Å². The third kappa shape index (κ3) is 4.05. The summed E-state index contributed by atoms with van der Waals surface area (Å²) < 4.78 is 0. The van der Waals surface area contributed by atoms with Crippen LogP contribution in [0.4, 0.5) is 0 Å². The summed E-state index contributed by atoms with van der Waals surface area (Å²) in [5.41, 5.74) is 3.52. The third-order valence-corrected chi connectivity index (χ3v) is 2.56. The molecule has 0 saturated heterocycles. The van der Waals surface area contributed by atoms with Crippen molar-refractivity contribution < 1.29 is 4.79 Å². The largest absolute Gasteiger partial charge is 0.356 e. The highest BCUT2D eigenvalue weighted by Crippen LogP contribution is 2.11. The molecule has 0 radical (unpaired) electrons. The highest BCUT2D eigenvalue weighted by molar-refractivity contribution is 5.78. The molecule has 0 aliphatic rings. The number of rotatable bonds is 4. The minimum atomic E-state index is 0.113. The quantitative estimate of drug-likeness (QED) is 0.828. The number of nitrogens with one attached hydrogen (secondary N) is 1. The Morgan fingerprint density at radius 1 is 1.31 bits per heavy atom. The van der Waals surface area contributed by atoms with Gasteiger partial charge in [0, 0.05) is 6.54 Å². The lowest BCUT2D eigenvalue weighted by atomic mass is 10.0. The summed E-state index contributed by atoms with van der Waals surface area (Å²) in [5, 5.41) is 2.94. The maximum Gasteiger partial charge on any atom is 0.224 e. The first-order valence-electron chi connectivity index (χ1n) is 5.82. The van der Waals surface area contributed by atoms with Gasteiger partial charge >= 0.3 is 0 Å². The first kappa shape index (κ1) is 12.8. The van der Waals surface area contributed by atoms with Crippen molar-refractivity contribution in [2.24, 2.45) is 5.92 Å². The molecule has 1 N–H and O–H groups in total. The summed E-state index contributed by atoms with van der Waals surface area (Å²) in [4.78, 5) is 11.7. The second-order valence-electron chi connectivity index (χ2n) is 4.80. The molecule has 0 aromatic heterocycles. The number of hydrogen-bond acceptors (Lipinski definition) is 1. The Morgan fingerprint density at radius 2 is 2.00 bits per heavy atom. The standard InChI is InChI=1S/C14H21NO/c1-10(2)9-15-14(16)8-13-7-11(3)5-6-12(13)4/h5-7,10H,8-9H2,1-4H3,(H,15,16). The lowest BCUT2D eigenvalue weighted by Gasteiger charge is -2.09. The van der Waals surface area contributed by atoms with Crippen LogP contribution in [0, 0.1) is 19.8 Å². The van der Waals surface area contributed by atoms with Gasteiger partial charge in [0.2, 0.25) is 5.91 Å². The normalized spacial score (nSPS) is 10.6. The molecule has 0 spiro atoms. The molecule has 88 valence electrons. The number of hydrogen-bond donors (Lipinski definition) is 1. The van der Waals surface area contributed by atoms with Gasteiger partial charge in [-0.2, -0.15) is 0 Å². The molecule has 1 aromatic carbocycles. The number of carbonyl (C=O) groups is 1. The lowest BCUT2D eigenvalue weighted by molar-refractivity contribution is -0.120. The predicted molar refractivity (Wildman–Crippen MR) is 67.5 cm³/mol. The van der Waals surface area contributed by atoms with E-state index >= 15 is 0 Å². The van der Waals surface area contributed by atoms with Gasteiger partial charge < -0.3 is 5.32 Å². The van der Waals surface area contributed by atoms with Crippen LogP contribution >= 0.6 is 0 Å². The summed E-state index contributed by atoms with van der Waals surface area (Å²) in [5.74, 6) is 0.616. The molecule has 0 bridgehead atoms. The first-order chi connectivity index (χ1) is 7.49. The van der Waals surface area contributed by atoms with Gasteiger partial charge in [-0.05, 0) is 30.9 Å². The minimum Gasteiger partial charge on any atom is -0.356 e. The zero-order chi connectivity index (χ0) is 12.1. The fourth-order valence-corrected chi connectivity index (χ4v) is 1.54. The van der Waals surface area contributed by atoms with Crippen LogP contribution in [-0.4, -0.2) is 12.5 Å². The van der Waals surface area contributed by atoms with Gasteiger partial charge in [0.05, 0.1) is 6.42 Å². The van der Waals surface area contributed by atoms with E-state index in [1.165, 1.54) is 11.1 Å². The summed E-state index contributed by atoms with van der Waals surface area (Å²) in [6.45, 7) is 9.04. The maximum atomic E-state index is 11.7. The van der Waals surface area contributed by atoms with Crippen LogP contribution in [-0.2, 0) is 11.2 Å². The zero-order valence-corrected chi connectivity index (χ0v) is 10.6. The van der Waals surface area contributed by atoms with E-state index in [4.69, 9.17) is 0 Å². The Kier molecular flexibility index (Phi) is 4.53. The van der Waals surface area contributed by atoms with Gasteiger partial charge in [-0.15, -0.1) is 0 Å². The molecule has 2 nitrogen and oxygen atoms in total. The smallest absolute Gasteiger partial charge is 0.224 e. The Hall–Kier alpha value is -1.31.